The monoisotopic (exact) mass is 321 g/mol. The molecule has 0 atom stereocenters. The van der Waals surface area contributed by atoms with Gasteiger partial charge in [0.15, 0.2) is 0 Å². The molecule has 0 unspecified atom stereocenters. The molecular formula is C20H23N3O. The number of hydrogen-bond acceptors (Lipinski definition) is 4. The average Bonchev–Trinajstić information content (AvgIpc) is 3.10. The number of aromatic nitrogens is 3. The molecule has 0 aliphatic heterocycles. The predicted octanol–water partition coefficient (Wildman–Crippen LogP) is 4.79. The fourth-order valence-electron chi connectivity index (χ4n) is 2.79. The summed E-state index contributed by atoms with van der Waals surface area (Å²) in [6.45, 7) is 8.44. The number of benzene rings is 1. The minimum Gasteiger partial charge on any atom is -0.334 e. The molecule has 0 aliphatic rings. The SMILES string of the molecule is CCc1cc(C)cc(-c2noc(-c3cc(CC)nc(CC)c3)n2)c1. The first kappa shape index (κ1) is 16.4. The van der Waals surface area contributed by atoms with E-state index in [1.165, 1.54) is 11.1 Å². The fraction of sp³-hybridized carbons (Fsp3) is 0.350. The highest BCUT2D eigenvalue weighted by atomic mass is 16.5. The topological polar surface area (TPSA) is 51.8 Å². The third kappa shape index (κ3) is 3.37. The van der Waals surface area contributed by atoms with Crippen LogP contribution in [0.3, 0.4) is 0 Å². The van der Waals surface area contributed by atoms with Crippen LogP contribution in [0, 0.1) is 6.92 Å². The molecule has 3 aromatic rings. The molecule has 2 heterocycles. The predicted molar refractivity (Wildman–Crippen MR) is 95.8 cm³/mol. The van der Waals surface area contributed by atoms with Gasteiger partial charge in [-0.1, -0.05) is 37.6 Å². The lowest BCUT2D eigenvalue weighted by molar-refractivity contribution is 0.432. The molecule has 24 heavy (non-hydrogen) atoms. The summed E-state index contributed by atoms with van der Waals surface area (Å²) in [5.41, 5.74) is 6.53. The maximum atomic E-state index is 5.53. The summed E-state index contributed by atoms with van der Waals surface area (Å²) in [6.07, 6.45) is 2.77. The second-order valence-corrected chi connectivity index (χ2v) is 6.03. The number of aryl methyl sites for hydroxylation is 4. The van der Waals surface area contributed by atoms with Crippen LogP contribution in [0.2, 0.25) is 0 Å². The van der Waals surface area contributed by atoms with Gasteiger partial charge in [-0.15, -0.1) is 0 Å². The molecular weight excluding hydrogens is 298 g/mol. The molecule has 4 nitrogen and oxygen atoms in total. The summed E-state index contributed by atoms with van der Waals surface area (Å²) in [7, 11) is 0. The Balaban J connectivity index is 2.01. The van der Waals surface area contributed by atoms with Crippen molar-refractivity contribution < 1.29 is 4.52 Å². The Morgan fingerprint density at radius 3 is 2.12 bits per heavy atom. The first-order valence-electron chi connectivity index (χ1n) is 8.57. The minimum atomic E-state index is 0.552. The zero-order valence-electron chi connectivity index (χ0n) is 14.8. The molecule has 0 N–H and O–H groups in total. The second-order valence-electron chi connectivity index (χ2n) is 6.03. The lowest BCUT2D eigenvalue weighted by Crippen LogP contribution is -1.95. The van der Waals surface area contributed by atoms with E-state index in [-0.39, 0.29) is 0 Å². The summed E-state index contributed by atoms with van der Waals surface area (Å²) >= 11 is 0. The van der Waals surface area contributed by atoms with E-state index >= 15 is 0 Å². The van der Waals surface area contributed by atoms with E-state index in [4.69, 9.17) is 4.52 Å². The van der Waals surface area contributed by atoms with Crippen molar-refractivity contribution in [3.63, 3.8) is 0 Å². The Hall–Kier alpha value is -2.49. The molecule has 4 heteroatoms. The number of hydrogen-bond donors (Lipinski definition) is 0. The third-order valence-corrected chi connectivity index (χ3v) is 4.13. The van der Waals surface area contributed by atoms with E-state index in [0.717, 1.165) is 41.8 Å². The largest absolute Gasteiger partial charge is 0.334 e. The standard InChI is InChI=1S/C20H23N3O/c1-5-14-8-13(4)9-15(10-14)19-22-20(24-23-19)16-11-17(6-2)21-18(7-3)12-16/h8-12H,5-7H2,1-4H3. The summed E-state index contributed by atoms with van der Waals surface area (Å²) in [4.78, 5) is 9.22. The van der Waals surface area contributed by atoms with Crippen LogP contribution >= 0.6 is 0 Å². The van der Waals surface area contributed by atoms with Crippen LogP contribution in [0.1, 0.15) is 43.3 Å². The van der Waals surface area contributed by atoms with Crippen molar-refractivity contribution in [2.45, 2.75) is 47.0 Å². The Morgan fingerprint density at radius 1 is 0.792 bits per heavy atom. The first-order chi connectivity index (χ1) is 11.6. The van der Waals surface area contributed by atoms with Crippen molar-refractivity contribution in [3.8, 4) is 22.8 Å². The number of nitrogens with zero attached hydrogens (tertiary/aromatic N) is 3. The summed E-state index contributed by atoms with van der Waals surface area (Å²) in [5.74, 6) is 1.19. The Morgan fingerprint density at radius 2 is 1.50 bits per heavy atom. The molecule has 1 aromatic carbocycles. The van der Waals surface area contributed by atoms with E-state index in [9.17, 15) is 0 Å². The minimum absolute atomic E-state index is 0.552. The van der Waals surface area contributed by atoms with Gasteiger partial charge in [-0.3, -0.25) is 4.98 Å². The zero-order chi connectivity index (χ0) is 17.1. The van der Waals surface area contributed by atoms with Gasteiger partial charge in [-0.2, -0.15) is 4.98 Å². The van der Waals surface area contributed by atoms with Gasteiger partial charge in [0.2, 0.25) is 5.82 Å². The molecule has 0 fully saturated rings. The molecule has 0 radical (unpaired) electrons. The van der Waals surface area contributed by atoms with E-state index in [0.29, 0.717) is 11.7 Å². The smallest absolute Gasteiger partial charge is 0.258 e. The fourth-order valence-corrected chi connectivity index (χ4v) is 2.79. The summed E-state index contributed by atoms with van der Waals surface area (Å²) in [5, 5.41) is 4.18. The van der Waals surface area contributed by atoms with Crippen LogP contribution in [0.25, 0.3) is 22.8 Å². The highest BCUT2D eigenvalue weighted by Gasteiger charge is 2.13. The van der Waals surface area contributed by atoms with Gasteiger partial charge in [0.1, 0.15) is 0 Å². The normalized spacial score (nSPS) is 11.0. The third-order valence-electron chi connectivity index (χ3n) is 4.13. The average molecular weight is 321 g/mol. The maximum absolute atomic E-state index is 5.53. The van der Waals surface area contributed by atoms with E-state index in [1.54, 1.807) is 0 Å². The van der Waals surface area contributed by atoms with Crippen LogP contribution in [-0.2, 0) is 19.3 Å². The molecule has 0 spiro atoms. The van der Waals surface area contributed by atoms with Gasteiger partial charge in [-0.25, -0.2) is 0 Å². The molecule has 0 saturated heterocycles. The van der Waals surface area contributed by atoms with Gasteiger partial charge in [0.25, 0.3) is 5.89 Å². The van der Waals surface area contributed by atoms with Crippen molar-refractivity contribution in [1.29, 1.82) is 0 Å². The van der Waals surface area contributed by atoms with Gasteiger partial charge < -0.3 is 4.52 Å². The molecule has 0 bridgehead atoms. The lowest BCUT2D eigenvalue weighted by Gasteiger charge is -2.03. The second kappa shape index (κ2) is 6.95. The molecule has 0 aliphatic carbocycles. The zero-order valence-corrected chi connectivity index (χ0v) is 14.8. The Bertz CT molecular complexity index is 830. The molecule has 0 amide bonds. The summed E-state index contributed by atoms with van der Waals surface area (Å²) in [6, 6.07) is 10.5. The lowest BCUT2D eigenvalue weighted by atomic mass is 10.0. The first-order valence-corrected chi connectivity index (χ1v) is 8.57. The number of rotatable bonds is 5. The van der Waals surface area contributed by atoms with Crippen LogP contribution in [-0.4, -0.2) is 15.1 Å². The highest BCUT2D eigenvalue weighted by molar-refractivity contribution is 5.61. The highest BCUT2D eigenvalue weighted by Crippen LogP contribution is 2.25. The quantitative estimate of drug-likeness (QED) is 0.677. The Kier molecular flexibility index (Phi) is 4.74. The maximum Gasteiger partial charge on any atom is 0.258 e. The Labute approximate surface area is 143 Å². The molecule has 3 rings (SSSR count). The molecule has 124 valence electrons. The van der Waals surface area contributed by atoms with Crippen LogP contribution in [0.15, 0.2) is 34.9 Å². The molecule has 2 aromatic heterocycles. The van der Waals surface area contributed by atoms with Crippen molar-refractivity contribution in [2.75, 3.05) is 0 Å². The van der Waals surface area contributed by atoms with E-state index < -0.39 is 0 Å². The van der Waals surface area contributed by atoms with Crippen LogP contribution in [0.5, 0.6) is 0 Å². The van der Waals surface area contributed by atoms with E-state index in [2.05, 4.69) is 61.0 Å². The summed E-state index contributed by atoms with van der Waals surface area (Å²) < 4.78 is 5.53. The van der Waals surface area contributed by atoms with Gasteiger partial charge in [0.05, 0.1) is 0 Å². The van der Waals surface area contributed by atoms with Crippen molar-refractivity contribution in [3.05, 3.63) is 52.8 Å². The van der Waals surface area contributed by atoms with E-state index in [1.807, 2.05) is 12.1 Å². The van der Waals surface area contributed by atoms with Crippen molar-refractivity contribution >= 4 is 0 Å². The van der Waals surface area contributed by atoms with Crippen molar-refractivity contribution in [1.82, 2.24) is 15.1 Å². The van der Waals surface area contributed by atoms with Gasteiger partial charge >= 0.3 is 0 Å². The molecule has 0 saturated carbocycles. The van der Waals surface area contributed by atoms with Gasteiger partial charge in [0, 0.05) is 22.5 Å². The van der Waals surface area contributed by atoms with Gasteiger partial charge in [-0.05, 0) is 56.0 Å². The number of pyridine rings is 1. The van der Waals surface area contributed by atoms with Crippen LogP contribution in [0.4, 0.5) is 0 Å². The van der Waals surface area contributed by atoms with Crippen molar-refractivity contribution in [2.24, 2.45) is 0 Å². The van der Waals surface area contributed by atoms with Crippen LogP contribution < -0.4 is 0 Å².